The van der Waals surface area contributed by atoms with Crippen LogP contribution in [0.2, 0.25) is 5.02 Å². The first-order valence-corrected chi connectivity index (χ1v) is 13.0. The van der Waals surface area contributed by atoms with Gasteiger partial charge < -0.3 is 20.2 Å². The highest BCUT2D eigenvalue weighted by atomic mass is 35.5. The number of fused-ring (bicyclic) bond motifs is 1. The van der Waals surface area contributed by atoms with Crippen LogP contribution in [0, 0.1) is 11.6 Å². The molecule has 2 saturated heterocycles. The van der Waals surface area contributed by atoms with Gasteiger partial charge in [-0.1, -0.05) is 11.6 Å². The third-order valence-electron chi connectivity index (χ3n) is 7.36. The van der Waals surface area contributed by atoms with Crippen molar-refractivity contribution in [3.63, 3.8) is 0 Å². The number of rotatable bonds is 5. The van der Waals surface area contributed by atoms with Crippen molar-refractivity contribution in [2.75, 3.05) is 34.8 Å². The average molecular weight is 538 g/mol. The van der Waals surface area contributed by atoms with E-state index in [1.54, 1.807) is 22.8 Å². The number of nitrogens with zero attached hydrogens (tertiary/aromatic N) is 4. The van der Waals surface area contributed by atoms with Crippen LogP contribution in [0.1, 0.15) is 41.2 Å². The van der Waals surface area contributed by atoms with Gasteiger partial charge in [0.15, 0.2) is 0 Å². The fourth-order valence-corrected chi connectivity index (χ4v) is 5.79. The van der Waals surface area contributed by atoms with E-state index >= 15 is 0 Å². The molecule has 38 heavy (non-hydrogen) atoms. The van der Waals surface area contributed by atoms with Crippen molar-refractivity contribution in [2.45, 2.75) is 31.4 Å². The quantitative estimate of drug-likeness (QED) is 0.355. The summed E-state index contributed by atoms with van der Waals surface area (Å²) in [5.74, 6) is -1.24. The Morgan fingerprint density at radius 2 is 1.95 bits per heavy atom. The summed E-state index contributed by atoms with van der Waals surface area (Å²) in [6.45, 7) is 1.94. The molecule has 2 fully saturated rings. The zero-order valence-electron chi connectivity index (χ0n) is 20.4. The van der Waals surface area contributed by atoms with E-state index in [0.717, 1.165) is 36.5 Å². The largest absolute Gasteiger partial charge is 0.391 e. The van der Waals surface area contributed by atoms with Crippen molar-refractivity contribution in [2.24, 2.45) is 0 Å². The summed E-state index contributed by atoms with van der Waals surface area (Å²) in [6, 6.07) is 12.3. The molecule has 0 saturated carbocycles. The summed E-state index contributed by atoms with van der Waals surface area (Å²) in [7, 11) is 0. The lowest BCUT2D eigenvalue weighted by Gasteiger charge is -2.27. The van der Waals surface area contributed by atoms with E-state index in [9.17, 15) is 18.7 Å². The van der Waals surface area contributed by atoms with Crippen molar-refractivity contribution in [1.82, 2.24) is 9.61 Å². The lowest BCUT2D eigenvalue weighted by atomic mass is 10.0. The molecule has 10 heteroatoms. The number of amides is 1. The molecular formula is C28H26ClF2N5O2. The van der Waals surface area contributed by atoms with Gasteiger partial charge in [0.1, 0.15) is 11.6 Å². The van der Waals surface area contributed by atoms with E-state index in [2.05, 4.69) is 10.4 Å². The third-order valence-corrected chi connectivity index (χ3v) is 7.66. The molecule has 7 nitrogen and oxygen atoms in total. The molecule has 2 aliphatic heterocycles. The highest BCUT2D eigenvalue weighted by Gasteiger charge is 2.29. The smallest absolute Gasteiger partial charge is 0.259 e. The van der Waals surface area contributed by atoms with Crippen LogP contribution >= 0.6 is 11.6 Å². The second-order valence-electron chi connectivity index (χ2n) is 9.80. The molecule has 0 bridgehead atoms. The number of aliphatic hydroxyl groups is 1. The van der Waals surface area contributed by atoms with E-state index in [4.69, 9.17) is 11.6 Å². The number of anilines is 3. The Morgan fingerprint density at radius 3 is 2.74 bits per heavy atom. The summed E-state index contributed by atoms with van der Waals surface area (Å²) >= 11 is 6.49. The van der Waals surface area contributed by atoms with Gasteiger partial charge in [-0.05, 0) is 67.8 Å². The van der Waals surface area contributed by atoms with Gasteiger partial charge in [-0.2, -0.15) is 5.10 Å². The Kier molecular flexibility index (Phi) is 6.41. The lowest BCUT2D eigenvalue weighted by Crippen LogP contribution is -2.23. The maximum Gasteiger partial charge on any atom is 0.259 e. The first-order valence-electron chi connectivity index (χ1n) is 12.6. The normalized spacial score (nSPS) is 19.5. The summed E-state index contributed by atoms with van der Waals surface area (Å²) < 4.78 is 30.1. The fourth-order valence-electron chi connectivity index (χ4n) is 5.49. The molecule has 4 heterocycles. The number of carbonyl (C=O) groups excluding carboxylic acids is 1. The van der Waals surface area contributed by atoms with Gasteiger partial charge in [0, 0.05) is 42.8 Å². The minimum atomic E-state index is -0.468. The fraction of sp³-hybridized carbons (Fsp3) is 0.286. The topological polar surface area (TPSA) is 73.1 Å². The van der Waals surface area contributed by atoms with Crippen molar-refractivity contribution in [1.29, 1.82) is 0 Å². The molecular weight excluding hydrogens is 512 g/mol. The first-order chi connectivity index (χ1) is 18.4. The molecule has 2 N–H and O–H groups in total. The van der Waals surface area contributed by atoms with Crippen molar-refractivity contribution in [3.8, 4) is 0 Å². The third kappa shape index (κ3) is 4.56. The van der Waals surface area contributed by atoms with Crippen LogP contribution in [0.3, 0.4) is 0 Å². The molecule has 0 aliphatic carbocycles. The van der Waals surface area contributed by atoms with Gasteiger partial charge in [-0.15, -0.1) is 0 Å². The summed E-state index contributed by atoms with van der Waals surface area (Å²) in [4.78, 5) is 17.3. The summed E-state index contributed by atoms with van der Waals surface area (Å²) in [6.07, 6.45) is 5.13. The lowest BCUT2D eigenvalue weighted by molar-refractivity contribution is 0.102. The highest BCUT2D eigenvalue weighted by Crippen LogP contribution is 2.38. The first kappa shape index (κ1) is 24.6. The van der Waals surface area contributed by atoms with Crippen LogP contribution in [-0.4, -0.2) is 46.4 Å². The van der Waals surface area contributed by atoms with Gasteiger partial charge in [-0.25, -0.2) is 13.3 Å². The van der Waals surface area contributed by atoms with Gasteiger partial charge in [0.05, 0.1) is 40.1 Å². The molecule has 2 aliphatic rings. The Balaban J connectivity index is 1.25. The zero-order valence-corrected chi connectivity index (χ0v) is 21.2. The number of aromatic nitrogens is 2. The van der Waals surface area contributed by atoms with Crippen LogP contribution in [0.25, 0.3) is 5.52 Å². The minimum Gasteiger partial charge on any atom is -0.391 e. The van der Waals surface area contributed by atoms with E-state index in [1.165, 1.54) is 12.3 Å². The number of β-amino-alcohol motifs (C(OH)–C–C–N with tert-alkyl or cyclic N) is 1. The SMILES string of the molecule is O=C(Nc1ccc(N2CC[C@H](O)C2)c(Cl)c1)c1cnn2ccc(N3CCC[C@@H]3c3cc(F)ccc3F)cc12. The molecule has 2 aromatic carbocycles. The maximum absolute atomic E-state index is 14.6. The molecule has 1 amide bonds. The average Bonchev–Trinajstić information content (AvgIpc) is 3.65. The Bertz CT molecular complexity index is 1530. The van der Waals surface area contributed by atoms with Crippen LogP contribution < -0.4 is 15.1 Å². The maximum atomic E-state index is 14.6. The second-order valence-corrected chi connectivity index (χ2v) is 10.2. The summed E-state index contributed by atoms with van der Waals surface area (Å²) in [5, 5.41) is 17.5. The number of nitrogens with one attached hydrogen (secondary N) is 1. The van der Waals surface area contributed by atoms with E-state index in [0.29, 0.717) is 53.3 Å². The molecule has 4 aromatic rings. The Morgan fingerprint density at radius 1 is 1.08 bits per heavy atom. The molecule has 2 aromatic heterocycles. The predicted octanol–water partition coefficient (Wildman–Crippen LogP) is 5.43. The standard InChI is InChI=1S/C28H26ClF2N5O2/c29-23-13-18(4-6-26(23)34-10-8-20(37)16-34)33-28(38)22-15-32-36-11-7-19(14-27(22)36)35-9-1-2-25(35)21-12-17(30)3-5-24(21)31/h3-7,11-15,20,25,37H,1-2,8-10,16H2,(H,33,38)/t20-,25+/m0/s1. The number of pyridine rings is 1. The van der Waals surface area contributed by atoms with Crippen molar-refractivity contribution >= 4 is 40.1 Å². The molecule has 0 spiro atoms. The number of hydrogen-bond donors (Lipinski definition) is 2. The van der Waals surface area contributed by atoms with Gasteiger partial charge in [-0.3, -0.25) is 4.79 Å². The molecule has 6 rings (SSSR count). The van der Waals surface area contributed by atoms with Gasteiger partial charge >= 0.3 is 0 Å². The zero-order chi connectivity index (χ0) is 26.4. The monoisotopic (exact) mass is 537 g/mol. The van der Waals surface area contributed by atoms with Crippen LogP contribution in [0.5, 0.6) is 0 Å². The number of aliphatic hydroxyl groups excluding tert-OH is 1. The predicted molar refractivity (Wildman–Crippen MR) is 143 cm³/mol. The number of halogens is 3. The number of benzene rings is 2. The number of hydrogen-bond acceptors (Lipinski definition) is 5. The van der Waals surface area contributed by atoms with E-state index in [-0.39, 0.29) is 18.1 Å². The Hall–Kier alpha value is -3.69. The molecule has 0 radical (unpaired) electrons. The summed E-state index contributed by atoms with van der Waals surface area (Å²) in [5.41, 5.74) is 3.47. The minimum absolute atomic E-state index is 0.300. The van der Waals surface area contributed by atoms with Crippen LogP contribution in [-0.2, 0) is 0 Å². The van der Waals surface area contributed by atoms with E-state index in [1.807, 2.05) is 28.0 Å². The van der Waals surface area contributed by atoms with Crippen LogP contribution in [0.15, 0.2) is 60.9 Å². The molecule has 0 unspecified atom stereocenters. The Labute approximate surface area is 223 Å². The van der Waals surface area contributed by atoms with Crippen LogP contribution in [0.4, 0.5) is 25.8 Å². The van der Waals surface area contributed by atoms with Gasteiger partial charge in [0.25, 0.3) is 5.91 Å². The van der Waals surface area contributed by atoms with E-state index < -0.39 is 11.6 Å². The van der Waals surface area contributed by atoms with Crippen molar-refractivity contribution < 1.29 is 18.7 Å². The van der Waals surface area contributed by atoms with Crippen molar-refractivity contribution in [3.05, 3.63) is 88.7 Å². The number of carbonyl (C=O) groups is 1. The molecule has 2 atom stereocenters. The highest BCUT2D eigenvalue weighted by molar-refractivity contribution is 6.33. The van der Waals surface area contributed by atoms with Gasteiger partial charge in [0.2, 0.25) is 0 Å². The second kappa shape index (κ2) is 9.89. The molecule has 196 valence electrons.